The normalized spacial score (nSPS) is 10.8. The standard InChI is InChI=1S/C17H12Cl3N3O3/c1-8-10(18)6-11(19)16(21-8)23-13(24)7-26-17(25)15-14(20)9-4-2-3-5-12(9)22-15/h2-6,22H,7H2,1H3,(H,21,23,24). The number of nitrogens with zero attached hydrogens (tertiary/aromatic N) is 1. The van der Waals surface area contributed by atoms with E-state index in [1.165, 1.54) is 6.07 Å². The summed E-state index contributed by atoms with van der Waals surface area (Å²) in [6.07, 6.45) is 0. The summed E-state index contributed by atoms with van der Waals surface area (Å²) in [5, 5.41) is 3.96. The number of hydrogen-bond acceptors (Lipinski definition) is 4. The lowest BCUT2D eigenvalue weighted by atomic mass is 10.2. The van der Waals surface area contributed by atoms with Crippen LogP contribution < -0.4 is 5.32 Å². The number of hydrogen-bond donors (Lipinski definition) is 2. The molecule has 0 saturated heterocycles. The molecule has 26 heavy (non-hydrogen) atoms. The second-order valence-electron chi connectivity index (χ2n) is 5.37. The third-order valence-corrected chi connectivity index (χ3v) is 4.61. The van der Waals surface area contributed by atoms with Crippen molar-refractivity contribution >= 4 is 63.4 Å². The van der Waals surface area contributed by atoms with Crippen LogP contribution in [-0.2, 0) is 9.53 Å². The zero-order chi connectivity index (χ0) is 18.8. The molecular formula is C17H12Cl3N3O3. The van der Waals surface area contributed by atoms with Crippen LogP contribution in [0.5, 0.6) is 0 Å². The van der Waals surface area contributed by atoms with Crippen LogP contribution in [0.15, 0.2) is 30.3 Å². The Balaban J connectivity index is 1.66. The maximum absolute atomic E-state index is 12.2. The highest BCUT2D eigenvalue weighted by atomic mass is 35.5. The number of anilines is 1. The van der Waals surface area contributed by atoms with E-state index >= 15 is 0 Å². The Morgan fingerprint density at radius 1 is 1.19 bits per heavy atom. The molecule has 0 saturated carbocycles. The second-order valence-corrected chi connectivity index (χ2v) is 6.56. The molecule has 2 N–H and O–H groups in total. The first-order valence-corrected chi connectivity index (χ1v) is 8.56. The van der Waals surface area contributed by atoms with E-state index in [0.29, 0.717) is 21.6 Å². The number of amides is 1. The molecule has 0 aliphatic rings. The summed E-state index contributed by atoms with van der Waals surface area (Å²) < 4.78 is 5.00. The minimum atomic E-state index is -0.743. The topological polar surface area (TPSA) is 84.1 Å². The van der Waals surface area contributed by atoms with Crippen molar-refractivity contribution in [1.29, 1.82) is 0 Å². The number of carbonyl (C=O) groups excluding carboxylic acids is 2. The van der Waals surface area contributed by atoms with E-state index in [-0.39, 0.29) is 21.6 Å². The lowest BCUT2D eigenvalue weighted by Crippen LogP contribution is -2.22. The molecule has 0 aliphatic heterocycles. The van der Waals surface area contributed by atoms with Gasteiger partial charge in [0.1, 0.15) is 5.69 Å². The Morgan fingerprint density at radius 2 is 1.92 bits per heavy atom. The van der Waals surface area contributed by atoms with E-state index in [1.54, 1.807) is 25.1 Å². The van der Waals surface area contributed by atoms with Crippen molar-refractivity contribution in [2.75, 3.05) is 11.9 Å². The van der Waals surface area contributed by atoms with Crippen molar-refractivity contribution in [2.45, 2.75) is 6.92 Å². The number of carbonyl (C=O) groups is 2. The molecule has 9 heteroatoms. The van der Waals surface area contributed by atoms with Crippen LogP contribution >= 0.6 is 34.8 Å². The number of aryl methyl sites for hydroxylation is 1. The molecule has 0 fully saturated rings. The molecule has 1 amide bonds. The quantitative estimate of drug-likeness (QED) is 0.612. The van der Waals surface area contributed by atoms with Gasteiger partial charge in [-0.25, -0.2) is 9.78 Å². The van der Waals surface area contributed by atoms with Crippen LogP contribution in [0.4, 0.5) is 5.82 Å². The van der Waals surface area contributed by atoms with Gasteiger partial charge in [0, 0.05) is 10.9 Å². The molecule has 3 rings (SSSR count). The average molecular weight is 413 g/mol. The zero-order valence-corrected chi connectivity index (χ0v) is 15.7. The van der Waals surface area contributed by atoms with Crippen molar-refractivity contribution in [2.24, 2.45) is 0 Å². The number of pyridine rings is 1. The Hall–Kier alpha value is -2.28. The van der Waals surface area contributed by atoms with Crippen molar-refractivity contribution in [3.05, 3.63) is 56.8 Å². The van der Waals surface area contributed by atoms with Crippen LogP contribution in [0.3, 0.4) is 0 Å². The van der Waals surface area contributed by atoms with Crippen molar-refractivity contribution < 1.29 is 14.3 Å². The fraction of sp³-hybridized carbons (Fsp3) is 0.118. The Labute approximate surface area is 163 Å². The van der Waals surface area contributed by atoms with Crippen molar-refractivity contribution in [3.63, 3.8) is 0 Å². The summed E-state index contributed by atoms with van der Waals surface area (Å²) in [4.78, 5) is 31.1. The van der Waals surface area contributed by atoms with Gasteiger partial charge in [0.2, 0.25) is 0 Å². The van der Waals surface area contributed by atoms with Gasteiger partial charge in [-0.15, -0.1) is 0 Å². The van der Waals surface area contributed by atoms with Crippen molar-refractivity contribution in [1.82, 2.24) is 9.97 Å². The summed E-state index contributed by atoms with van der Waals surface area (Å²) in [6.45, 7) is 1.15. The monoisotopic (exact) mass is 411 g/mol. The number of rotatable bonds is 4. The molecular weight excluding hydrogens is 401 g/mol. The molecule has 0 unspecified atom stereocenters. The van der Waals surface area contributed by atoms with Crippen LogP contribution in [0, 0.1) is 6.92 Å². The van der Waals surface area contributed by atoms with Gasteiger partial charge in [0.15, 0.2) is 12.4 Å². The Bertz CT molecular complexity index is 1020. The molecule has 6 nitrogen and oxygen atoms in total. The predicted molar refractivity (Wildman–Crippen MR) is 101 cm³/mol. The smallest absolute Gasteiger partial charge is 0.356 e. The van der Waals surface area contributed by atoms with Gasteiger partial charge in [0.25, 0.3) is 5.91 Å². The lowest BCUT2D eigenvalue weighted by molar-refractivity contribution is -0.119. The average Bonchev–Trinajstić information content (AvgIpc) is 2.95. The molecule has 2 heterocycles. The number of H-pyrrole nitrogens is 1. The van der Waals surface area contributed by atoms with Gasteiger partial charge in [-0.05, 0) is 19.1 Å². The largest absolute Gasteiger partial charge is 0.451 e. The number of halogens is 3. The predicted octanol–water partition coefficient (Wildman–Crippen LogP) is 4.63. The van der Waals surface area contributed by atoms with Gasteiger partial charge in [-0.2, -0.15) is 0 Å². The number of aromatic nitrogens is 2. The molecule has 2 aromatic heterocycles. The molecule has 0 atom stereocenters. The highest BCUT2D eigenvalue weighted by Gasteiger charge is 2.19. The maximum atomic E-state index is 12.2. The number of ether oxygens (including phenoxy) is 1. The van der Waals surface area contributed by atoms with Gasteiger partial charge in [-0.1, -0.05) is 53.0 Å². The number of aromatic amines is 1. The zero-order valence-electron chi connectivity index (χ0n) is 13.4. The first-order valence-electron chi connectivity index (χ1n) is 7.42. The number of nitrogens with one attached hydrogen (secondary N) is 2. The van der Waals surface area contributed by atoms with Gasteiger partial charge >= 0.3 is 5.97 Å². The first kappa shape index (κ1) is 18.5. The summed E-state index contributed by atoms with van der Waals surface area (Å²) in [7, 11) is 0. The maximum Gasteiger partial charge on any atom is 0.356 e. The minimum absolute atomic E-state index is 0.0826. The number of benzene rings is 1. The first-order chi connectivity index (χ1) is 12.4. The third kappa shape index (κ3) is 3.77. The van der Waals surface area contributed by atoms with E-state index in [1.807, 2.05) is 6.07 Å². The third-order valence-electron chi connectivity index (χ3n) is 3.54. The van der Waals surface area contributed by atoms with Crippen LogP contribution in [0.2, 0.25) is 15.1 Å². The van der Waals surface area contributed by atoms with E-state index in [2.05, 4.69) is 15.3 Å². The Kier molecular flexibility index (Phi) is 5.36. The number of esters is 1. The summed E-state index contributed by atoms with van der Waals surface area (Å²) >= 11 is 18.1. The highest BCUT2D eigenvalue weighted by molar-refractivity contribution is 6.38. The molecule has 0 aliphatic carbocycles. The minimum Gasteiger partial charge on any atom is -0.451 e. The highest BCUT2D eigenvalue weighted by Crippen LogP contribution is 2.28. The summed E-state index contributed by atoms with van der Waals surface area (Å²) in [5.41, 5.74) is 1.29. The molecule has 134 valence electrons. The molecule has 1 aromatic carbocycles. The van der Waals surface area contributed by atoms with E-state index in [0.717, 1.165) is 0 Å². The fourth-order valence-electron chi connectivity index (χ4n) is 2.27. The Morgan fingerprint density at radius 3 is 2.65 bits per heavy atom. The summed E-state index contributed by atoms with van der Waals surface area (Å²) in [6, 6.07) is 8.63. The van der Waals surface area contributed by atoms with Gasteiger partial charge in [0.05, 0.1) is 20.8 Å². The SMILES string of the molecule is Cc1nc(NC(=O)COC(=O)c2[nH]c3ccccc3c2Cl)c(Cl)cc1Cl. The molecule has 0 spiro atoms. The van der Waals surface area contributed by atoms with E-state index in [4.69, 9.17) is 39.5 Å². The van der Waals surface area contributed by atoms with Gasteiger partial charge in [-0.3, -0.25) is 4.79 Å². The molecule has 0 bridgehead atoms. The molecule has 3 aromatic rings. The van der Waals surface area contributed by atoms with Crippen LogP contribution in [0.1, 0.15) is 16.2 Å². The lowest BCUT2D eigenvalue weighted by Gasteiger charge is -2.08. The van der Waals surface area contributed by atoms with Crippen LogP contribution in [-0.4, -0.2) is 28.5 Å². The van der Waals surface area contributed by atoms with Crippen molar-refractivity contribution in [3.8, 4) is 0 Å². The molecule has 0 radical (unpaired) electrons. The van der Waals surface area contributed by atoms with E-state index < -0.39 is 18.5 Å². The number of para-hydroxylation sites is 1. The van der Waals surface area contributed by atoms with Gasteiger partial charge < -0.3 is 15.0 Å². The fourth-order valence-corrected chi connectivity index (χ4v) is 2.96. The summed E-state index contributed by atoms with van der Waals surface area (Å²) in [5.74, 6) is -1.20. The van der Waals surface area contributed by atoms with Crippen LogP contribution in [0.25, 0.3) is 10.9 Å². The second kappa shape index (κ2) is 7.53. The number of fused-ring (bicyclic) bond motifs is 1. The van der Waals surface area contributed by atoms with E-state index in [9.17, 15) is 9.59 Å².